The van der Waals surface area contributed by atoms with Crippen molar-refractivity contribution >= 4 is 27.7 Å². The Hall–Kier alpha value is -2.46. The minimum atomic E-state index is -3.94. The van der Waals surface area contributed by atoms with E-state index >= 15 is 0 Å². The summed E-state index contributed by atoms with van der Waals surface area (Å²) >= 11 is 0. The molecule has 0 spiro atoms. The van der Waals surface area contributed by atoms with E-state index in [1.807, 2.05) is 0 Å². The van der Waals surface area contributed by atoms with Gasteiger partial charge in [0.2, 0.25) is 15.9 Å². The Bertz CT molecular complexity index is 773. The van der Waals surface area contributed by atoms with Gasteiger partial charge in [0.15, 0.2) is 0 Å². The number of sulfonamides is 1. The first-order valence-electron chi connectivity index (χ1n) is 6.96. The summed E-state index contributed by atoms with van der Waals surface area (Å²) in [6, 6.07) is 3.15. The molecule has 0 bridgehead atoms. The smallest absolute Gasteiger partial charge is 0.407 e. The highest BCUT2D eigenvalue weighted by molar-refractivity contribution is 7.89. The first kappa shape index (κ1) is 17.9. The Kier molecular flexibility index (Phi) is 5.20. The second-order valence-electron chi connectivity index (χ2n) is 5.01. The first-order chi connectivity index (χ1) is 11.3. The Morgan fingerprint density at radius 1 is 1.25 bits per heavy atom. The van der Waals surface area contributed by atoms with E-state index in [9.17, 15) is 22.4 Å². The van der Waals surface area contributed by atoms with E-state index in [1.165, 1.54) is 6.07 Å². The van der Waals surface area contributed by atoms with Gasteiger partial charge in [-0.3, -0.25) is 4.79 Å². The number of hydrogen-bond acceptors (Lipinski definition) is 4. The summed E-state index contributed by atoms with van der Waals surface area (Å²) in [6.45, 7) is 3.31. The number of amides is 2. The van der Waals surface area contributed by atoms with Crippen molar-refractivity contribution in [3.63, 3.8) is 0 Å². The lowest BCUT2D eigenvalue weighted by Crippen LogP contribution is -2.50. The van der Waals surface area contributed by atoms with Crippen molar-refractivity contribution in [3.05, 3.63) is 36.7 Å². The predicted molar refractivity (Wildman–Crippen MR) is 83.6 cm³/mol. The molecule has 1 fully saturated rings. The van der Waals surface area contributed by atoms with Gasteiger partial charge in [-0.25, -0.2) is 17.6 Å². The number of carbonyl (C=O) groups excluding carboxylic acids is 1. The number of carboxylic acid groups (broad SMARTS) is 1. The summed E-state index contributed by atoms with van der Waals surface area (Å²) in [4.78, 5) is 22.9. The van der Waals surface area contributed by atoms with Crippen LogP contribution in [0.3, 0.4) is 0 Å². The fourth-order valence-electron chi connectivity index (χ4n) is 2.21. The van der Waals surface area contributed by atoms with Crippen molar-refractivity contribution in [2.75, 3.05) is 31.5 Å². The molecule has 0 saturated carbocycles. The van der Waals surface area contributed by atoms with Crippen LogP contribution in [0, 0.1) is 5.82 Å². The summed E-state index contributed by atoms with van der Waals surface area (Å²) in [6.07, 6.45) is -0.146. The highest BCUT2D eigenvalue weighted by Crippen LogP contribution is 2.23. The quantitative estimate of drug-likeness (QED) is 0.780. The highest BCUT2D eigenvalue weighted by atomic mass is 32.2. The Morgan fingerprint density at radius 2 is 1.88 bits per heavy atom. The molecule has 10 heteroatoms. The molecule has 1 heterocycles. The number of nitrogens with one attached hydrogen (secondary N) is 1. The van der Waals surface area contributed by atoms with Gasteiger partial charge < -0.3 is 15.3 Å². The zero-order chi connectivity index (χ0) is 17.9. The summed E-state index contributed by atoms with van der Waals surface area (Å²) in [7, 11) is -3.94. The fourth-order valence-corrected chi connectivity index (χ4v) is 3.64. The number of benzene rings is 1. The molecule has 2 rings (SSSR count). The van der Waals surface area contributed by atoms with Crippen molar-refractivity contribution in [1.82, 2.24) is 9.21 Å². The predicted octanol–water partition coefficient (Wildman–Crippen LogP) is 0.934. The lowest BCUT2D eigenvalue weighted by molar-refractivity contribution is -0.111. The SMILES string of the molecule is C=CC(=O)Nc1ccc(S(=O)(=O)N2CCN(C(=O)O)CC2)cc1F. The molecule has 2 amide bonds. The normalized spacial score (nSPS) is 15.8. The van der Waals surface area contributed by atoms with Crippen molar-refractivity contribution in [3.8, 4) is 0 Å². The first-order valence-corrected chi connectivity index (χ1v) is 8.40. The van der Waals surface area contributed by atoms with Crippen molar-refractivity contribution < 1.29 is 27.5 Å². The lowest BCUT2D eigenvalue weighted by Gasteiger charge is -2.32. The van der Waals surface area contributed by atoms with Crippen molar-refractivity contribution in [1.29, 1.82) is 0 Å². The standard InChI is InChI=1S/C14H16FN3O5S/c1-2-13(19)16-12-4-3-10(9-11(12)15)24(22,23)18-7-5-17(6-8-18)14(20)21/h2-4,9H,1,5-8H2,(H,16,19)(H,20,21). The van der Waals surface area contributed by atoms with Gasteiger partial charge in [0, 0.05) is 26.2 Å². The van der Waals surface area contributed by atoms with Gasteiger partial charge in [-0.05, 0) is 24.3 Å². The summed E-state index contributed by atoms with van der Waals surface area (Å²) in [5.41, 5.74) is -0.158. The molecule has 2 N–H and O–H groups in total. The van der Waals surface area contributed by atoms with E-state index in [1.54, 1.807) is 0 Å². The van der Waals surface area contributed by atoms with Crippen LogP contribution in [-0.2, 0) is 14.8 Å². The minimum Gasteiger partial charge on any atom is -0.465 e. The maximum absolute atomic E-state index is 14.0. The summed E-state index contributed by atoms with van der Waals surface area (Å²) < 4.78 is 40.1. The van der Waals surface area contributed by atoms with Crippen LogP contribution in [0.25, 0.3) is 0 Å². The molecular weight excluding hydrogens is 341 g/mol. The number of anilines is 1. The topological polar surface area (TPSA) is 107 Å². The van der Waals surface area contributed by atoms with Crippen LogP contribution in [0.15, 0.2) is 35.7 Å². The third-order valence-electron chi connectivity index (χ3n) is 3.53. The summed E-state index contributed by atoms with van der Waals surface area (Å²) in [5, 5.41) is 11.1. The molecule has 0 aliphatic carbocycles. The van der Waals surface area contributed by atoms with Crippen LogP contribution in [0.5, 0.6) is 0 Å². The molecule has 8 nitrogen and oxygen atoms in total. The molecular formula is C14H16FN3O5S. The molecule has 0 radical (unpaired) electrons. The van der Waals surface area contributed by atoms with E-state index in [-0.39, 0.29) is 36.8 Å². The number of piperazine rings is 1. The molecule has 24 heavy (non-hydrogen) atoms. The Morgan fingerprint density at radius 3 is 2.38 bits per heavy atom. The van der Waals surface area contributed by atoms with Crippen LogP contribution >= 0.6 is 0 Å². The van der Waals surface area contributed by atoms with Gasteiger partial charge in [0.25, 0.3) is 0 Å². The van der Waals surface area contributed by atoms with Crippen LogP contribution in [0.2, 0.25) is 0 Å². The van der Waals surface area contributed by atoms with Gasteiger partial charge in [-0.15, -0.1) is 0 Å². The lowest BCUT2D eigenvalue weighted by atomic mass is 10.3. The summed E-state index contributed by atoms with van der Waals surface area (Å²) in [5.74, 6) is -1.51. The maximum atomic E-state index is 14.0. The minimum absolute atomic E-state index is 0.00873. The van der Waals surface area contributed by atoms with Crippen LogP contribution < -0.4 is 5.32 Å². The molecule has 1 saturated heterocycles. The van der Waals surface area contributed by atoms with Gasteiger partial charge in [-0.2, -0.15) is 4.31 Å². The second-order valence-corrected chi connectivity index (χ2v) is 6.95. The van der Waals surface area contributed by atoms with E-state index < -0.39 is 27.8 Å². The molecule has 0 atom stereocenters. The van der Waals surface area contributed by atoms with Gasteiger partial charge in [0.05, 0.1) is 10.6 Å². The molecule has 0 aromatic heterocycles. The number of halogens is 1. The second kappa shape index (κ2) is 6.97. The third-order valence-corrected chi connectivity index (χ3v) is 5.43. The number of hydrogen-bond donors (Lipinski definition) is 2. The molecule has 1 aliphatic heterocycles. The third kappa shape index (κ3) is 3.71. The van der Waals surface area contributed by atoms with Crippen molar-refractivity contribution in [2.45, 2.75) is 4.90 Å². The van der Waals surface area contributed by atoms with Gasteiger partial charge >= 0.3 is 6.09 Å². The van der Waals surface area contributed by atoms with Crippen LogP contribution in [-0.4, -0.2) is 60.9 Å². The maximum Gasteiger partial charge on any atom is 0.407 e. The monoisotopic (exact) mass is 357 g/mol. The van der Waals surface area contributed by atoms with E-state index in [0.717, 1.165) is 27.4 Å². The average Bonchev–Trinajstić information content (AvgIpc) is 2.56. The van der Waals surface area contributed by atoms with Gasteiger partial charge in [-0.1, -0.05) is 6.58 Å². The zero-order valence-corrected chi connectivity index (χ0v) is 13.4. The highest BCUT2D eigenvalue weighted by Gasteiger charge is 2.30. The van der Waals surface area contributed by atoms with Crippen LogP contribution in [0.4, 0.5) is 14.9 Å². The Labute approximate surface area is 138 Å². The number of carbonyl (C=O) groups is 2. The average molecular weight is 357 g/mol. The fraction of sp³-hybridized carbons (Fsp3) is 0.286. The van der Waals surface area contributed by atoms with E-state index in [4.69, 9.17) is 5.11 Å². The Balaban J connectivity index is 2.18. The molecule has 1 aromatic carbocycles. The van der Waals surface area contributed by atoms with Gasteiger partial charge in [0.1, 0.15) is 5.82 Å². The zero-order valence-electron chi connectivity index (χ0n) is 12.6. The molecule has 130 valence electrons. The number of nitrogens with zero attached hydrogens (tertiary/aromatic N) is 2. The largest absolute Gasteiger partial charge is 0.465 e. The van der Waals surface area contributed by atoms with Crippen LogP contribution in [0.1, 0.15) is 0 Å². The molecule has 0 unspecified atom stereocenters. The van der Waals surface area contributed by atoms with E-state index in [0.29, 0.717) is 0 Å². The molecule has 1 aliphatic rings. The number of rotatable bonds is 4. The molecule has 1 aromatic rings. The van der Waals surface area contributed by atoms with E-state index in [2.05, 4.69) is 11.9 Å². The van der Waals surface area contributed by atoms with Crippen molar-refractivity contribution in [2.24, 2.45) is 0 Å².